The molecule has 0 aliphatic carbocycles. The molecule has 4 nitrogen and oxygen atoms in total. The van der Waals surface area contributed by atoms with Crippen molar-refractivity contribution < 1.29 is 13.9 Å². The minimum Gasteiger partial charge on any atom is -0.483 e. The third kappa shape index (κ3) is 3.94. The van der Waals surface area contributed by atoms with Gasteiger partial charge in [0, 0.05) is 18.0 Å². The Morgan fingerprint density at radius 3 is 2.89 bits per heavy atom. The Hall–Kier alpha value is -2.51. The van der Waals surface area contributed by atoms with Gasteiger partial charge in [-0.1, -0.05) is 12.1 Å². The van der Waals surface area contributed by atoms with Crippen molar-refractivity contribution in [2.24, 2.45) is 0 Å². The van der Waals surface area contributed by atoms with Gasteiger partial charge in [-0.3, -0.25) is 4.79 Å². The van der Waals surface area contributed by atoms with Gasteiger partial charge in [0.2, 0.25) is 0 Å². The van der Waals surface area contributed by atoms with E-state index in [2.05, 4.69) is 10.3 Å². The summed E-state index contributed by atoms with van der Waals surface area (Å²) in [5.41, 5.74) is 1.97. The number of thiazole rings is 1. The van der Waals surface area contributed by atoms with Gasteiger partial charge in [-0.25, -0.2) is 9.37 Å². The van der Waals surface area contributed by atoms with Crippen LogP contribution >= 0.6 is 22.7 Å². The monoisotopic (exact) mass is 400 g/mol. The van der Waals surface area contributed by atoms with E-state index in [1.165, 1.54) is 12.1 Å². The lowest BCUT2D eigenvalue weighted by molar-refractivity contribution is -0.123. The number of halogens is 1. The highest BCUT2D eigenvalue weighted by molar-refractivity contribution is 7.21. The molecule has 0 aliphatic heterocycles. The second-order valence-electron chi connectivity index (χ2n) is 6.13. The minimum absolute atomic E-state index is 0.0440. The Morgan fingerprint density at radius 2 is 2.07 bits per heavy atom. The number of benzene rings is 2. The Morgan fingerprint density at radius 1 is 1.26 bits per heavy atom. The maximum absolute atomic E-state index is 12.9. The van der Waals surface area contributed by atoms with Gasteiger partial charge in [0.15, 0.2) is 6.61 Å². The van der Waals surface area contributed by atoms with Crippen LogP contribution in [0.15, 0.2) is 41.8 Å². The SMILES string of the molecule is Cc1nc2c(cc(OCC(=O)NCCc3ccc(F)cc3)c3ccsc32)s1. The normalized spacial score (nSPS) is 11.2. The Balaban J connectivity index is 1.38. The molecule has 4 rings (SSSR count). The molecule has 2 aromatic carbocycles. The topological polar surface area (TPSA) is 51.2 Å². The number of nitrogens with one attached hydrogen (secondary N) is 1. The molecule has 7 heteroatoms. The second-order valence-corrected chi connectivity index (χ2v) is 8.28. The van der Waals surface area contributed by atoms with Crippen LogP contribution in [-0.4, -0.2) is 24.0 Å². The summed E-state index contributed by atoms with van der Waals surface area (Å²) in [5.74, 6) is 0.265. The molecule has 1 N–H and O–H groups in total. The number of ether oxygens (including phenoxy) is 1. The molecule has 0 fully saturated rings. The summed E-state index contributed by atoms with van der Waals surface area (Å²) in [7, 11) is 0. The van der Waals surface area contributed by atoms with Crippen LogP contribution in [0.25, 0.3) is 20.3 Å². The lowest BCUT2D eigenvalue weighted by Gasteiger charge is -2.09. The molecule has 0 bridgehead atoms. The van der Waals surface area contributed by atoms with Gasteiger partial charge in [-0.2, -0.15) is 0 Å². The lowest BCUT2D eigenvalue weighted by atomic mass is 10.1. The number of aryl methyl sites for hydroxylation is 1. The lowest BCUT2D eigenvalue weighted by Crippen LogP contribution is -2.30. The average Bonchev–Trinajstić information content (AvgIpc) is 3.27. The number of hydrogen-bond donors (Lipinski definition) is 1. The molecule has 0 saturated heterocycles. The number of fused-ring (bicyclic) bond motifs is 3. The van der Waals surface area contributed by atoms with Gasteiger partial charge in [0.25, 0.3) is 5.91 Å². The zero-order valence-corrected chi connectivity index (χ0v) is 16.3. The Kier molecular flexibility index (Phi) is 5.05. The van der Waals surface area contributed by atoms with E-state index in [1.54, 1.807) is 34.8 Å². The van der Waals surface area contributed by atoms with Crippen LogP contribution in [0.2, 0.25) is 0 Å². The van der Waals surface area contributed by atoms with Crippen molar-refractivity contribution in [3.8, 4) is 5.75 Å². The van der Waals surface area contributed by atoms with Gasteiger partial charge in [-0.15, -0.1) is 22.7 Å². The number of amides is 1. The molecule has 2 aromatic heterocycles. The molecule has 0 spiro atoms. The number of thiophene rings is 1. The summed E-state index contributed by atoms with van der Waals surface area (Å²) in [6.07, 6.45) is 0.646. The van der Waals surface area contributed by atoms with Crippen LogP contribution in [0.3, 0.4) is 0 Å². The average molecular weight is 401 g/mol. The Bertz CT molecular complexity index is 1100. The highest BCUT2D eigenvalue weighted by atomic mass is 32.1. The maximum Gasteiger partial charge on any atom is 0.257 e. The van der Waals surface area contributed by atoms with Crippen LogP contribution in [0, 0.1) is 12.7 Å². The fourth-order valence-electron chi connectivity index (χ4n) is 2.90. The number of aromatic nitrogens is 1. The first-order valence-electron chi connectivity index (χ1n) is 8.51. The first-order valence-corrected chi connectivity index (χ1v) is 10.2. The first-order chi connectivity index (χ1) is 13.1. The zero-order valence-electron chi connectivity index (χ0n) is 14.6. The van der Waals surface area contributed by atoms with E-state index in [-0.39, 0.29) is 18.3 Å². The van der Waals surface area contributed by atoms with Crippen LogP contribution in [0.5, 0.6) is 5.75 Å². The molecular weight excluding hydrogens is 383 g/mol. The van der Waals surface area contributed by atoms with Crippen LogP contribution in [0.4, 0.5) is 4.39 Å². The van der Waals surface area contributed by atoms with Crippen molar-refractivity contribution in [1.82, 2.24) is 10.3 Å². The minimum atomic E-state index is -0.260. The van der Waals surface area contributed by atoms with Gasteiger partial charge < -0.3 is 10.1 Å². The van der Waals surface area contributed by atoms with Crippen LogP contribution in [-0.2, 0) is 11.2 Å². The molecule has 0 unspecified atom stereocenters. The summed E-state index contributed by atoms with van der Waals surface area (Å²) in [6.45, 7) is 2.42. The molecule has 0 atom stereocenters. The molecule has 138 valence electrons. The van der Waals surface area contributed by atoms with Crippen molar-refractivity contribution in [1.29, 1.82) is 0 Å². The van der Waals surface area contributed by atoms with E-state index in [9.17, 15) is 9.18 Å². The molecule has 2 heterocycles. The van der Waals surface area contributed by atoms with E-state index in [0.29, 0.717) is 18.7 Å². The second kappa shape index (κ2) is 7.62. The fourth-order valence-corrected chi connectivity index (χ4v) is 4.73. The summed E-state index contributed by atoms with van der Waals surface area (Å²) in [5, 5.41) is 6.84. The number of carbonyl (C=O) groups is 1. The van der Waals surface area contributed by atoms with Gasteiger partial charge in [0.1, 0.15) is 11.6 Å². The van der Waals surface area contributed by atoms with Gasteiger partial charge >= 0.3 is 0 Å². The molecule has 0 radical (unpaired) electrons. The van der Waals surface area contributed by atoms with E-state index in [1.807, 2.05) is 24.4 Å². The number of rotatable bonds is 6. The largest absolute Gasteiger partial charge is 0.483 e. The van der Waals surface area contributed by atoms with Crippen LogP contribution < -0.4 is 10.1 Å². The van der Waals surface area contributed by atoms with E-state index >= 15 is 0 Å². The van der Waals surface area contributed by atoms with E-state index < -0.39 is 0 Å². The van der Waals surface area contributed by atoms with Crippen LogP contribution in [0.1, 0.15) is 10.6 Å². The fraction of sp³-hybridized carbons (Fsp3) is 0.200. The third-order valence-corrected chi connectivity index (χ3v) is 6.02. The standard InChI is InChI=1S/C20H17FN2O2S2/c1-12-23-19-17(27-12)10-16(15-7-9-26-20(15)19)25-11-18(24)22-8-6-13-2-4-14(21)5-3-13/h2-5,7,9-10H,6,8,11H2,1H3,(H,22,24). The third-order valence-electron chi connectivity index (χ3n) is 4.18. The number of hydrogen-bond acceptors (Lipinski definition) is 5. The molecule has 0 aliphatic rings. The van der Waals surface area contributed by atoms with Gasteiger partial charge in [0.05, 0.1) is 19.9 Å². The van der Waals surface area contributed by atoms with Crippen molar-refractivity contribution >= 4 is 48.9 Å². The summed E-state index contributed by atoms with van der Waals surface area (Å²) in [6, 6.07) is 10.2. The number of nitrogens with zero attached hydrogens (tertiary/aromatic N) is 1. The van der Waals surface area contributed by atoms with Crippen molar-refractivity contribution in [2.45, 2.75) is 13.3 Å². The smallest absolute Gasteiger partial charge is 0.257 e. The van der Waals surface area contributed by atoms with E-state index in [4.69, 9.17) is 4.74 Å². The molecule has 0 saturated carbocycles. The van der Waals surface area contributed by atoms with Crippen molar-refractivity contribution in [3.05, 3.63) is 58.2 Å². The van der Waals surface area contributed by atoms with E-state index in [0.717, 1.165) is 30.9 Å². The number of carbonyl (C=O) groups excluding carboxylic acids is 1. The highest BCUT2D eigenvalue weighted by Crippen LogP contribution is 2.38. The quantitative estimate of drug-likeness (QED) is 0.511. The molecule has 1 amide bonds. The summed E-state index contributed by atoms with van der Waals surface area (Å²) < 4.78 is 20.8. The summed E-state index contributed by atoms with van der Waals surface area (Å²) in [4.78, 5) is 16.7. The predicted octanol–water partition coefficient (Wildman–Crippen LogP) is 4.70. The van der Waals surface area contributed by atoms with Crippen molar-refractivity contribution in [3.63, 3.8) is 0 Å². The van der Waals surface area contributed by atoms with Gasteiger partial charge in [-0.05, 0) is 42.5 Å². The molecule has 4 aromatic rings. The first kappa shape index (κ1) is 17.9. The highest BCUT2D eigenvalue weighted by Gasteiger charge is 2.13. The zero-order chi connectivity index (χ0) is 18.8. The molecule has 27 heavy (non-hydrogen) atoms. The van der Waals surface area contributed by atoms with Crippen molar-refractivity contribution in [2.75, 3.05) is 13.2 Å². The summed E-state index contributed by atoms with van der Waals surface area (Å²) >= 11 is 3.25. The Labute approximate surface area is 163 Å². The maximum atomic E-state index is 12.9. The predicted molar refractivity (Wildman–Crippen MR) is 108 cm³/mol. The molecular formula is C20H17FN2O2S2.